The van der Waals surface area contributed by atoms with Gasteiger partial charge < -0.3 is 20.9 Å². The number of carbonyl (C=O) groups excluding carboxylic acids is 2. The molecule has 1 aromatic rings. The van der Waals surface area contributed by atoms with Gasteiger partial charge in [-0.25, -0.2) is 0 Å². The van der Waals surface area contributed by atoms with Gasteiger partial charge in [-0.2, -0.15) is 0 Å². The molecule has 0 heterocycles. The van der Waals surface area contributed by atoms with Crippen molar-refractivity contribution >= 4 is 23.5 Å². The average Bonchev–Trinajstić information content (AvgIpc) is 3.03. The average molecular weight is 334 g/mol. The van der Waals surface area contributed by atoms with Crippen molar-refractivity contribution in [1.29, 1.82) is 0 Å². The fourth-order valence-electron chi connectivity index (χ4n) is 2.94. The maximum Gasteiger partial charge on any atom is 0.307 e. The third kappa shape index (κ3) is 3.34. The number of rotatable bonds is 6. The maximum atomic E-state index is 12.5. The van der Waals surface area contributed by atoms with Gasteiger partial charge in [-0.3, -0.25) is 14.4 Å². The van der Waals surface area contributed by atoms with E-state index in [2.05, 4.69) is 5.32 Å². The predicted molar refractivity (Wildman–Crippen MR) is 87.8 cm³/mol. The van der Waals surface area contributed by atoms with Gasteiger partial charge in [0.2, 0.25) is 11.8 Å². The molecule has 1 saturated carbocycles. The summed E-state index contributed by atoms with van der Waals surface area (Å²) in [5, 5.41) is 11.9. The molecule has 1 aromatic carbocycles. The molecule has 130 valence electrons. The number of carboxylic acid groups (broad SMARTS) is 1. The van der Waals surface area contributed by atoms with E-state index in [0.29, 0.717) is 11.4 Å². The molecule has 1 aliphatic rings. The quantitative estimate of drug-likeness (QED) is 0.734. The highest BCUT2D eigenvalue weighted by atomic mass is 16.5. The Labute approximate surface area is 140 Å². The smallest absolute Gasteiger partial charge is 0.307 e. The van der Waals surface area contributed by atoms with E-state index in [0.717, 1.165) is 0 Å². The summed E-state index contributed by atoms with van der Waals surface area (Å²) < 4.78 is 5.62. The van der Waals surface area contributed by atoms with Crippen molar-refractivity contribution < 1.29 is 24.2 Å². The number of nitrogens with one attached hydrogen (secondary N) is 1. The topological polar surface area (TPSA) is 119 Å². The minimum absolute atomic E-state index is 0.135. The number of hydrogen-bond acceptors (Lipinski definition) is 4. The van der Waals surface area contributed by atoms with Crippen LogP contribution in [-0.4, -0.2) is 29.0 Å². The number of ether oxygens (including phenoxy) is 1. The number of anilines is 1. The van der Waals surface area contributed by atoms with Gasteiger partial charge in [0, 0.05) is 5.56 Å². The summed E-state index contributed by atoms with van der Waals surface area (Å²) >= 11 is 0. The number of carboxylic acids is 1. The first-order valence-electron chi connectivity index (χ1n) is 7.70. The lowest BCUT2D eigenvalue weighted by Crippen LogP contribution is -2.20. The molecule has 0 saturated heterocycles. The Morgan fingerprint density at radius 3 is 2.33 bits per heavy atom. The van der Waals surface area contributed by atoms with Gasteiger partial charge in [0.15, 0.2) is 0 Å². The normalized spacial score (nSPS) is 21.2. The molecule has 4 N–H and O–H groups in total. The lowest BCUT2D eigenvalue weighted by molar-refractivity contribution is -0.140. The molecule has 2 rings (SSSR count). The number of nitrogens with two attached hydrogens (primary N) is 1. The highest BCUT2D eigenvalue weighted by Gasteiger charge is 2.65. The standard InChI is InChI=1S/C17H22N2O5/c1-8(2)24-11-6-5-9(14(18)20)7-10(11)19-15(21)12-13(16(22)23)17(12,3)4/h5-8,12-13H,1-4H3,(H2,18,20)(H,19,21)(H,22,23)/t12-,13+/m0/s1. The highest BCUT2D eigenvalue weighted by Crippen LogP contribution is 2.58. The minimum atomic E-state index is -0.996. The second-order valence-corrected chi connectivity index (χ2v) is 6.85. The zero-order chi connectivity index (χ0) is 18.2. The van der Waals surface area contributed by atoms with Gasteiger partial charge in [0.05, 0.1) is 23.6 Å². The summed E-state index contributed by atoms with van der Waals surface area (Å²) in [4.78, 5) is 35.1. The van der Waals surface area contributed by atoms with E-state index in [4.69, 9.17) is 10.5 Å². The molecule has 2 amide bonds. The van der Waals surface area contributed by atoms with Crippen molar-refractivity contribution in [3.63, 3.8) is 0 Å². The first-order chi connectivity index (χ1) is 11.1. The Morgan fingerprint density at radius 2 is 1.88 bits per heavy atom. The third-order valence-electron chi connectivity index (χ3n) is 4.26. The molecule has 0 aromatic heterocycles. The van der Waals surface area contributed by atoms with Crippen molar-refractivity contribution in [3.8, 4) is 5.75 Å². The van der Waals surface area contributed by atoms with Gasteiger partial charge in [-0.05, 0) is 37.5 Å². The van der Waals surface area contributed by atoms with E-state index in [9.17, 15) is 19.5 Å². The first kappa shape index (κ1) is 17.8. The lowest BCUT2D eigenvalue weighted by atomic mass is 10.1. The van der Waals surface area contributed by atoms with Crippen LogP contribution in [0.3, 0.4) is 0 Å². The Kier molecular flexibility index (Phi) is 4.55. The van der Waals surface area contributed by atoms with Crippen LogP contribution in [0.4, 0.5) is 5.69 Å². The lowest BCUT2D eigenvalue weighted by Gasteiger charge is -2.16. The number of primary amides is 1. The molecule has 0 bridgehead atoms. The zero-order valence-corrected chi connectivity index (χ0v) is 14.1. The first-order valence-corrected chi connectivity index (χ1v) is 7.70. The summed E-state index contributed by atoms with van der Waals surface area (Å²) in [5.41, 5.74) is 5.19. The van der Waals surface area contributed by atoms with Crippen molar-refractivity contribution in [2.24, 2.45) is 23.0 Å². The monoisotopic (exact) mass is 334 g/mol. The molecule has 1 fully saturated rings. The minimum Gasteiger partial charge on any atom is -0.489 e. The summed E-state index contributed by atoms with van der Waals surface area (Å²) in [7, 11) is 0. The molecule has 7 nitrogen and oxygen atoms in total. The second-order valence-electron chi connectivity index (χ2n) is 6.85. The van der Waals surface area contributed by atoms with Crippen LogP contribution in [0.2, 0.25) is 0 Å². The van der Waals surface area contributed by atoms with E-state index in [1.165, 1.54) is 12.1 Å². The van der Waals surface area contributed by atoms with Crippen LogP contribution in [0.5, 0.6) is 5.75 Å². The van der Waals surface area contributed by atoms with Crippen molar-refractivity contribution in [2.75, 3.05) is 5.32 Å². The summed E-state index contributed by atoms with van der Waals surface area (Å²) in [5.74, 6) is -3.01. The maximum absolute atomic E-state index is 12.5. The van der Waals surface area contributed by atoms with Crippen LogP contribution < -0.4 is 15.8 Å². The number of carbonyl (C=O) groups is 3. The van der Waals surface area contributed by atoms with E-state index in [-0.39, 0.29) is 11.7 Å². The van der Waals surface area contributed by atoms with Crippen LogP contribution in [0.15, 0.2) is 18.2 Å². The Bertz CT molecular complexity index is 696. The van der Waals surface area contributed by atoms with E-state index >= 15 is 0 Å². The van der Waals surface area contributed by atoms with Crippen LogP contribution in [0.1, 0.15) is 38.1 Å². The third-order valence-corrected chi connectivity index (χ3v) is 4.26. The molecule has 2 atom stereocenters. The Morgan fingerprint density at radius 1 is 1.25 bits per heavy atom. The molecular formula is C17H22N2O5. The number of benzene rings is 1. The van der Waals surface area contributed by atoms with E-state index < -0.39 is 35.0 Å². The SMILES string of the molecule is CC(C)Oc1ccc(C(N)=O)cc1NC(=O)[C@@H]1[C@H](C(=O)O)C1(C)C. The van der Waals surface area contributed by atoms with Crippen LogP contribution >= 0.6 is 0 Å². The van der Waals surface area contributed by atoms with Crippen LogP contribution in [0, 0.1) is 17.3 Å². The fourth-order valence-corrected chi connectivity index (χ4v) is 2.94. The predicted octanol–water partition coefficient (Wildman–Crippen LogP) is 1.87. The molecule has 0 radical (unpaired) electrons. The summed E-state index contributed by atoms with van der Waals surface area (Å²) in [6, 6.07) is 4.50. The summed E-state index contributed by atoms with van der Waals surface area (Å²) in [6.45, 7) is 7.14. The molecular weight excluding hydrogens is 312 g/mol. The van der Waals surface area contributed by atoms with E-state index in [1.54, 1.807) is 19.9 Å². The Hall–Kier alpha value is -2.57. The number of hydrogen-bond donors (Lipinski definition) is 3. The molecule has 0 spiro atoms. The number of amides is 2. The van der Waals surface area contributed by atoms with Crippen LogP contribution in [0.25, 0.3) is 0 Å². The molecule has 24 heavy (non-hydrogen) atoms. The summed E-state index contributed by atoms with van der Waals surface area (Å²) in [6.07, 6.45) is -0.135. The second kappa shape index (κ2) is 6.14. The van der Waals surface area contributed by atoms with Gasteiger partial charge in [0.1, 0.15) is 5.75 Å². The Balaban J connectivity index is 2.27. The highest BCUT2D eigenvalue weighted by molar-refractivity contribution is 6.02. The van der Waals surface area contributed by atoms with E-state index in [1.807, 2.05) is 13.8 Å². The zero-order valence-electron chi connectivity index (χ0n) is 14.1. The van der Waals surface area contributed by atoms with Crippen molar-refractivity contribution in [3.05, 3.63) is 23.8 Å². The van der Waals surface area contributed by atoms with Crippen molar-refractivity contribution in [1.82, 2.24) is 0 Å². The largest absolute Gasteiger partial charge is 0.489 e. The van der Waals surface area contributed by atoms with Gasteiger partial charge in [-0.1, -0.05) is 13.8 Å². The molecule has 0 unspecified atom stereocenters. The fraction of sp³-hybridized carbons (Fsp3) is 0.471. The molecule has 1 aliphatic carbocycles. The van der Waals surface area contributed by atoms with Crippen LogP contribution in [-0.2, 0) is 9.59 Å². The number of aliphatic carboxylic acids is 1. The van der Waals surface area contributed by atoms with Crippen molar-refractivity contribution in [2.45, 2.75) is 33.8 Å². The molecule has 7 heteroatoms. The molecule has 0 aliphatic heterocycles. The van der Waals surface area contributed by atoms with Gasteiger partial charge in [-0.15, -0.1) is 0 Å². The van der Waals surface area contributed by atoms with Gasteiger partial charge in [0.25, 0.3) is 0 Å². The van der Waals surface area contributed by atoms with Gasteiger partial charge >= 0.3 is 5.97 Å².